The van der Waals surface area contributed by atoms with E-state index >= 15 is 0 Å². The van der Waals surface area contributed by atoms with Crippen molar-refractivity contribution in [2.24, 2.45) is 34.0 Å². The summed E-state index contributed by atoms with van der Waals surface area (Å²) < 4.78 is 0. The second-order valence-electron chi connectivity index (χ2n) is 15.1. The van der Waals surface area contributed by atoms with Gasteiger partial charge in [-0.15, -0.1) is 0 Å². The van der Waals surface area contributed by atoms with E-state index in [4.69, 9.17) is 0 Å². The van der Waals surface area contributed by atoms with Gasteiger partial charge in [0, 0.05) is 0 Å². The number of hydrogen-bond acceptors (Lipinski definition) is 0. The maximum Gasteiger partial charge on any atom is -0.0305 e. The molecule has 1 aromatic carbocycles. The highest BCUT2D eigenvalue weighted by Gasteiger charge is 2.25. The predicted octanol–water partition coefficient (Wildman–Crippen LogP) is 16.8. The van der Waals surface area contributed by atoms with Gasteiger partial charge < -0.3 is 0 Å². The van der Waals surface area contributed by atoms with Gasteiger partial charge in [0.1, 0.15) is 0 Å². The minimum atomic E-state index is 0.500. The standard InChI is InChI=1S/C13H28.C8H10.C7H16.C5H12.C4H10.3C2H6/c1-6-8-9-10-11-13(5,7-2)12(3)4;1-2-8-6-4-3-5-7-8;1-6(2)7(3,4)5;1-5(2,3)4;1-4(2)3;3*1-2/h12H,6-11H2,1-5H3;3-7H,2H2,1H3;6H,1-5H3;1-4H3;4H,1-3H3;3*1-2H3. The lowest BCUT2D eigenvalue weighted by Crippen LogP contribution is -2.22. The van der Waals surface area contributed by atoms with Gasteiger partial charge in [-0.05, 0) is 52.4 Å². The quantitative estimate of drug-likeness (QED) is 0.257. The fourth-order valence-corrected chi connectivity index (χ4v) is 2.54. The lowest BCUT2D eigenvalue weighted by Gasteiger charge is -2.32. The molecule has 0 saturated carbocycles. The topological polar surface area (TPSA) is 0 Å². The highest BCUT2D eigenvalue weighted by Crippen LogP contribution is 2.36. The van der Waals surface area contributed by atoms with Crippen LogP contribution in [0.5, 0.6) is 0 Å². The first-order chi connectivity index (χ1) is 19.7. The van der Waals surface area contributed by atoms with E-state index in [9.17, 15) is 0 Å². The molecule has 0 aliphatic rings. The van der Waals surface area contributed by atoms with Crippen LogP contribution in [0.3, 0.4) is 0 Å². The first-order valence-corrected chi connectivity index (χ1v) is 18.7. The third-order valence-electron chi connectivity index (χ3n) is 6.79. The van der Waals surface area contributed by atoms with Crippen LogP contribution in [0, 0.1) is 34.0 Å². The number of rotatable bonds is 8. The van der Waals surface area contributed by atoms with E-state index < -0.39 is 0 Å². The zero-order valence-corrected chi connectivity index (χ0v) is 35.6. The zero-order valence-electron chi connectivity index (χ0n) is 35.6. The van der Waals surface area contributed by atoms with Gasteiger partial charge in [-0.1, -0.05) is 229 Å². The lowest BCUT2D eigenvalue weighted by molar-refractivity contribution is 0.183. The van der Waals surface area contributed by atoms with Crippen LogP contribution in [0.1, 0.15) is 210 Å². The van der Waals surface area contributed by atoms with Crippen molar-refractivity contribution in [1.82, 2.24) is 0 Å². The zero-order chi connectivity index (χ0) is 36.3. The molecule has 0 aliphatic carbocycles. The SMILES string of the molecule is CC.CC.CC.CC(C)(C)C.CC(C)C.CC(C)C(C)(C)C.CCCCCCC(C)(CC)C(C)C.CCc1ccccc1. The first-order valence-electron chi connectivity index (χ1n) is 18.7. The number of aryl methyl sites for hydroxylation is 1. The Bertz CT molecular complexity index is 541. The molecule has 266 valence electrons. The Morgan fingerprint density at radius 3 is 1.05 bits per heavy atom. The van der Waals surface area contributed by atoms with Crippen LogP contribution < -0.4 is 0 Å². The summed E-state index contributed by atoms with van der Waals surface area (Å²) in [4.78, 5) is 0. The maximum absolute atomic E-state index is 2.45. The van der Waals surface area contributed by atoms with Crippen molar-refractivity contribution in [2.45, 2.75) is 211 Å². The molecule has 0 aliphatic heterocycles. The van der Waals surface area contributed by atoms with Crippen LogP contribution in [0.2, 0.25) is 0 Å². The van der Waals surface area contributed by atoms with E-state index in [0.29, 0.717) is 16.2 Å². The molecule has 0 bridgehead atoms. The molecule has 1 rings (SSSR count). The molecule has 1 atom stereocenters. The molecule has 0 N–H and O–H groups in total. The van der Waals surface area contributed by atoms with Crippen molar-refractivity contribution in [3.05, 3.63) is 35.9 Å². The summed E-state index contributed by atoms with van der Waals surface area (Å²) in [5, 5.41) is 0. The van der Waals surface area contributed by atoms with Crippen molar-refractivity contribution >= 4 is 0 Å². The van der Waals surface area contributed by atoms with Crippen molar-refractivity contribution in [3.63, 3.8) is 0 Å². The molecule has 0 heteroatoms. The number of benzene rings is 1. The lowest BCUT2D eigenvalue weighted by atomic mass is 9.73. The van der Waals surface area contributed by atoms with Crippen LogP contribution in [0.25, 0.3) is 0 Å². The summed E-state index contributed by atoms with van der Waals surface area (Å²) in [6.07, 6.45) is 9.51. The number of hydrogen-bond donors (Lipinski definition) is 0. The molecule has 0 amide bonds. The van der Waals surface area contributed by atoms with E-state index in [-0.39, 0.29) is 0 Å². The van der Waals surface area contributed by atoms with Gasteiger partial charge in [0.25, 0.3) is 0 Å². The normalized spacial score (nSPS) is 11.3. The molecule has 0 radical (unpaired) electrons. The largest absolute Gasteiger partial charge is 0.0683 e. The minimum Gasteiger partial charge on any atom is -0.0683 e. The third kappa shape index (κ3) is 65.1. The molecular weight excluding hydrogens is 516 g/mol. The van der Waals surface area contributed by atoms with Gasteiger partial charge in [0.15, 0.2) is 0 Å². The van der Waals surface area contributed by atoms with Crippen LogP contribution >= 0.6 is 0 Å². The minimum absolute atomic E-state index is 0.500. The molecule has 1 aromatic rings. The van der Waals surface area contributed by atoms with E-state index in [1.165, 1.54) is 44.1 Å². The summed E-state index contributed by atoms with van der Waals surface area (Å²) >= 11 is 0. The average Bonchev–Trinajstić information content (AvgIpc) is 2.93. The summed E-state index contributed by atoms with van der Waals surface area (Å²) in [6, 6.07) is 10.5. The molecule has 0 nitrogen and oxygen atoms in total. The molecule has 0 fully saturated rings. The van der Waals surface area contributed by atoms with Crippen LogP contribution in [0.4, 0.5) is 0 Å². The van der Waals surface area contributed by atoms with Gasteiger partial charge in [-0.3, -0.25) is 0 Å². The number of unbranched alkanes of at least 4 members (excludes halogenated alkanes) is 3. The van der Waals surface area contributed by atoms with Crippen LogP contribution in [0.15, 0.2) is 30.3 Å². The second-order valence-corrected chi connectivity index (χ2v) is 15.1. The molecular formula is C43H94. The second kappa shape index (κ2) is 39.2. The fraction of sp³-hybridized carbons (Fsp3) is 0.860. The maximum atomic E-state index is 2.45. The molecule has 0 aromatic heterocycles. The van der Waals surface area contributed by atoms with Crippen molar-refractivity contribution in [1.29, 1.82) is 0 Å². The third-order valence-corrected chi connectivity index (χ3v) is 6.79. The smallest absolute Gasteiger partial charge is 0.0305 e. The molecule has 1 unspecified atom stereocenters. The average molecular weight is 611 g/mol. The molecule has 0 saturated heterocycles. The van der Waals surface area contributed by atoms with Gasteiger partial charge in [-0.25, -0.2) is 0 Å². The van der Waals surface area contributed by atoms with Crippen LogP contribution in [-0.4, -0.2) is 0 Å². The Balaban J connectivity index is -0.0000000756. The summed E-state index contributed by atoms with van der Waals surface area (Å²) in [5.74, 6) is 2.46. The first kappa shape index (κ1) is 57.8. The highest BCUT2D eigenvalue weighted by atomic mass is 14.3. The highest BCUT2D eigenvalue weighted by molar-refractivity contribution is 5.13. The van der Waals surface area contributed by atoms with E-state index in [1.807, 2.05) is 47.6 Å². The summed E-state index contributed by atoms with van der Waals surface area (Å²) in [7, 11) is 0. The Morgan fingerprint density at radius 1 is 0.535 bits per heavy atom. The van der Waals surface area contributed by atoms with Crippen molar-refractivity contribution in [2.75, 3.05) is 0 Å². The van der Waals surface area contributed by atoms with Gasteiger partial charge in [0.2, 0.25) is 0 Å². The molecule has 43 heavy (non-hydrogen) atoms. The Labute approximate surface area is 280 Å². The van der Waals surface area contributed by atoms with Gasteiger partial charge in [0.05, 0.1) is 0 Å². The monoisotopic (exact) mass is 611 g/mol. The Kier molecular flexibility index (Phi) is 52.8. The Morgan fingerprint density at radius 2 is 0.860 bits per heavy atom. The van der Waals surface area contributed by atoms with E-state index in [0.717, 1.165) is 24.2 Å². The fourth-order valence-electron chi connectivity index (χ4n) is 2.54. The van der Waals surface area contributed by atoms with Crippen molar-refractivity contribution in [3.8, 4) is 0 Å². The van der Waals surface area contributed by atoms with Gasteiger partial charge >= 0.3 is 0 Å². The van der Waals surface area contributed by atoms with Crippen molar-refractivity contribution < 1.29 is 0 Å². The summed E-state index contributed by atoms with van der Waals surface area (Å²) in [6.45, 7) is 52.5. The predicted molar refractivity (Wildman–Crippen MR) is 212 cm³/mol. The molecule has 0 spiro atoms. The van der Waals surface area contributed by atoms with Gasteiger partial charge in [-0.2, -0.15) is 0 Å². The van der Waals surface area contributed by atoms with Crippen LogP contribution in [-0.2, 0) is 6.42 Å². The summed E-state index contributed by atoms with van der Waals surface area (Å²) in [5.41, 5.74) is 3.00. The molecule has 0 heterocycles. The van der Waals surface area contributed by atoms with E-state index in [2.05, 4.69) is 149 Å². The van der Waals surface area contributed by atoms with E-state index in [1.54, 1.807) is 0 Å². The Hall–Kier alpha value is -0.780.